The van der Waals surface area contributed by atoms with Crippen molar-refractivity contribution < 1.29 is 9.53 Å². The fraction of sp³-hybridized carbons (Fsp3) is 0.235. The number of rotatable bonds is 8. The van der Waals surface area contributed by atoms with Crippen LogP contribution in [0.3, 0.4) is 0 Å². The van der Waals surface area contributed by atoms with E-state index in [1.54, 1.807) is 30.6 Å². The lowest BCUT2D eigenvalue weighted by Crippen LogP contribution is -2.16. The first-order valence-corrected chi connectivity index (χ1v) is 9.52. The van der Waals surface area contributed by atoms with Crippen LogP contribution in [0.15, 0.2) is 47.9 Å². The lowest BCUT2D eigenvalue weighted by molar-refractivity contribution is -0.113. The van der Waals surface area contributed by atoms with Gasteiger partial charge in [-0.15, -0.1) is 10.2 Å². The predicted octanol–water partition coefficient (Wildman–Crippen LogP) is 3.05. The van der Waals surface area contributed by atoms with Crippen molar-refractivity contribution in [2.45, 2.75) is 25.2 Å². The van der Waals surface area contributed by atoms with Gasteiger partial charge in [-0.2, -0.15) is 0 Å². The Kier molecular flexibility index (Phi) is 6.61. The molecule has 0 radical (unpaired) electrons. The third-order valence-electron chi connectivity index (χ3n) is 3.45. The summed E-state index contributed by atoms with van der Waals surface area (Å²) in [5.41, 5.74) is 0. The second kappa shape index (κ2) is 9.33. The number of anilines is 1. The van der Waals surface area contributed by atoms with Crippen molar-refractivity contribution in [3.8, 4) is 5.75 Å². The molecule has 0 spiro atoms. The zero-order valence-electron chi connectivity index (χ0n) is 14.5. The average Bonchev–Trinajstić information content (AvgIpc) is 3.08. The highest BCUT2D eigenvalue weighted by Gasteiger charge is 2.14. The van der Waals surface area contributed by atoms with Crippen LogP contribution in [0, 0.1) is 0 Å². The van der Waals surface area contributed by atoms with Gasteiger partial charge in [0.05, 0.1) is 10.8 Å². The summed E-state index contributed by atoms with van der Waals surface area (Å²) in [6.45, 7) is 2.86. The molecule has 0 unspecified atom stereocenters. The van der Waals surface area contributed by atoms with Crippen LogP contribution in [0.2, 0.25) is 5.02 Å². The van der Waals surface area contributed by atoms with Crippen molar-refractivity contribution in [3.05, 3.63) is 53.6 Å². The monoisotopic (exact) mass is 404 g/mol. The van der Waals surface area contributed by atoms with Crippen molar-refractivity contribution in [3.63, 3.8) is 0 Å². The highest BCUT2D eigenvalue weighted by Crippen LogP contribution is 2.24. The number of carbonyl (C=O) groups excluding carboxylic acids is 1. The molecule has 8 nitrogen and oxygen atoms in total. The normalized spacial score (nSPS) is 10.6. The molecule has 2 heterocycles. The number of amides is 1. The van der Waals surface area contributed by atoms with E-state index in [9.17, 15) is 4.79 Å². The van der Waals surface area contributed by atoms with Crippen LogP contribution in [0.5, 0.6) is 5.75 Å². The topological polar surface area (TPSA) is 94.8 Å². The second-order valence-electron chi connectivity index (χ2n) is 5.27. The Labute approximate surface area is 165 Å². The van der Waals surface area contributed by atoms with Gasteiger partial charge in [-0.1, -0.05) is 35.5 Å². The first-order chi connectivity index (χ1) is 13.2. The van der Waals surface area contributed by atoms with Crippen LogP contribution in [0.4, 0.5) is 5.95 Å². The van der Waals surface area contributed by atoms with Crippen LogP contribution >= 0.6 is 23.4 Å². The Morgan fingerprint density at radius 2 is 2.00 bits per heavy atom. The number of hydrogen-bond donors (Lipinski definition) is 1. The van der Waals surface area contributed by atoms with E-state index in [0.717, 1.165) is 0 Å². The van der Waals surface area contributed by atoms with E-state index >= 15 is 0 Å². The van der Waals surface area contributed by atoms with E-state index in [1.807, 2.05) is 23.6 Å². The molecule has 2 aromatic heterocycles. The number of carbonyl (C=O) groups is 1. The summed E-state index contributed by atoms with van der Waals surface area (Å²) < 4.78 is 7.62. The van der Waals surface area contributed by atoms with Crippen LogP contribution in [0.1, 0.15) is 12.7 Å². The summed E-state index contributed by atoms with van der Waals surface area (Å²) >= 11 is 7.38. The fourth-order valence-electron chi connectivity index (χ4n) is 2.21. The van der Waals surface area contributed by atoms with Gasteiger partial charge in [-0.25, -0.2) is 9.97 Å². The number of thioether (sulfide) groups is 1. The van der Waals surface area contributed by atoms with Crippen LogP contribution < -0.4 is 10.1 Å². The van der Waals surface area contributed by atoms with E-state index in [4.69, 9.17) is 16.3 Å². The lowest BCUT2D eigenvalue weighted by atomic mass is 10.3. The number of nitrogens with zero attached hydrogens (tertiary/aromatic N) is 5. The fourth-order valence-corrected chi connectivity index (χ4v) is 3.22. The van der Waals surface area contributed by atoms with E-state index in [2.05, 4.69) is 25.5 Å². The highest BCUT2D eigenvalue weighted by atomic mass is 35.5. The van der Waals surface area contributed by atoms with Gasteiger partial charge in [0.1, 0.15) is 12.4 Å². The first kappa shape index (κ1) is 19.1. The van der Waals surface area contributed by atoms with Crippen LogP contribution in [-0.2, 0) is 17.9 Å². The molecule has 0 saturated carbocycles. The minimum atomic E-state index is -0.217. The molecule has 0 aliphatic carbocycles. The van der Waals surface area contributed by atoms with Gasteiger partial charge in [0.15, 0.2) is 11.0 Å². The average molecular weight is 405 g/mol. The van der Waals surface area contributed by atoms with Gasteiger partial charge >= 0.3 is 0 Å². The molecule has 0 aliphatic rings. The molecule has 0 aliphatic heterocycles. The Morgan fingerprint density at radius 3 is 2.74 bits per heavy atom. The largest absolute Gasteiger partial charge is 0.484 e. The Hall–Kier alpha value is -2.65. The van der Waals surface area contributed by atoms with Gasteiger partial charge in [0.2, 0.25) is 11.9 Å². The molecular weight excluding hydrogens is 388 g/mol. The number of aromatic nitrogens is 5. The molecule has 140 valence electrons. The highest BCUT2D eigenvalue weighted by molar-refractivity contribution is 7.99. The molecule has 0 fully saturated rings. The Morgan fingerprint density at radius 1 is 1.22 bits per heavy atom. The predicted molar refractivity (Wildman–Crippen MR) is 103 cm³/mol. The molecule has 0 bridgehead atoms. The van der Waals surface area contributed by atoms with E-state index in [-0.39, 0.29) is 24.2 Å². The van der Waals surface area contributed by atoms with Gasteiger partial charge in [0, 0.05) is 18.9 Å². The molecule has 1 N–H and O–H groups in total. The molecule has 10 heteroatoms. The number of ether oxygens (including phenoxy) is 1. The number of nitrogens with one attached hydrogen (secondary N) is 1. The number of halogens is 1. The van der Waals surface area contributed by atoms with Crippen molar-refractivity contribution in [2.75, 3.05) is 11.1 Å². The summed E-state index contributed by atoms with van der Waals surface area (Å²) in [6.07, 6.45) is 3.13. The molecule has 1 amide bonds. The Bertz CT molecular complexity index is 905. The van der Waals surface area contributed by atoms with Crippen molar-refractivity contribution in [1.82, 2.24) is 24.7 Å². The van der Waals surface area contributed by atoms with Gasteiger partial charge < -0.3 is 9.30 Å². The van der Waals surface area contributed by atoms with E-state index < -0.39 is 0 Å². The zero-order valence-corrected chi connectivity index (χ0v) is 16.1. The maximum Gasteiger partial charge on any atom is 0.237 e. The number of hydrogen-bond acceptors (Lipinski definition) is 7. The molecule has 1 aromatic carbocycles. The lowest BCUT2D eigenvalue weighted by Gasteiger charge is -2.09. The molecular formula is C17H17ClN6O2S. The first-order valence-electron chi connectivity index (χ1n) is 8.16. The smallest absolute Gasteiger partial charge is 0.237 e. The van der Waals surface area contributed by atoms with E-state index in [0.29, 0.717) is 28.3 Å². The summed E-state index contributed by atoms with van der Waals surface area (Å²) in [7, 11) is 0. The minimum absolute atomic E-state index is 0.168. The maximum absolute atomic E-state index is 12.0. The summed E-state index contributed by atoms with van der Waals surface area (Å²) in [6, 6.07) is 8.92. The summed E-state index contributed by atoms with van der Waals surface area (Å²) in [4.78, 5) is 19.9. The number of benzene rings is 1. The van der Waals surface area contributed by atoms with Crippen LogP contribution in [0.25, 0.3) is 0 Å². The molecule has 0 atom stereocenters. The van der Waals surface area contributed by atoms with Gasteiger partial charge in [-0.05, 0) is 25.1 Å². The minimum Gasteiger partial charge on any atom is -0.484 e. The molecule has 27 heavy (non-hydrogen) atoms. The molecule has 3 aromatic rings. The number of para-hydroxylation sites is 1. The van der Waals surface area contributed by atoms with Gasteiger partial charge in [-0.3, -0.25) is 10.1 Å². The van der Waals surface area contributed by atoms with Crippen LogP contribution in [-0.4, -0.2) is 36.4 Å². The standard InChI is InChI=1S/C17H17ClN6O2S/c1-2-24-14(10-26-13-7-4-3-6-12(13)18)22-23-17(24)27-11-15(25)21-16-19-8-5-9-20-16/h3-9H,2,10-11H2,1H3,(H,19,20,21,25). The Balaban J connectivity index is 1.58. The zero-order chi connectivity index (χ0) is 19.1. The quantitative estimate of drug-likeness (QED) is 0.576. The second-order valence-corrected chi connectivity index (χ2v) is 6.62. The summed E-state index contributed by atoms with van der Waals surface area (Å²) in [5.74, 6) is 1.47. The maximum atomic E-state index is 12.0. The van der Waals surface area contributed by atoms with Crippen molar-refractivity contribution in [2.24, 2.45) is 0 Å². The van der Waals surface area contributed by atoms with E-state index in [1.165, 1.54) is 11.8 Å². The van der Waals surface area contributed by atoms with Crippen molar-refractivity contribution >= 4 is 35.2 Å². The molecule has 3 rings (SSSR count). The SMILES string of the molecule is CCn1c(COc2ccccc2Cl)nnc1SCC(=O)Nc1ncccn1. The molecule has 0 saturated heterocycles. The van der Waals surface area contributed by atoms with Crippen molar-refractivity contribution in [1.29, 1.82) is 0 Å². The van der Waals surface area contributed by atoms with Gasteiger partial charge in [0.25, 0.3) is 0 Å². The third kappa shape index (κ3) is 5.18. The third-order valence-corrected chi connectivity index (χ3v) is 4.73. The summed E-state index contributed by atoms with van der Waals surface area (Å²) in [5, 5.41) is 12.1.